The van der Waals surface area contributed by atoms with Gasteiger partial charge in [0.2, 0.25) is 10.2 Å². The van der Waals surface area contributed by atoms with Crippen LogP contribution in [0.3, 0.4) is 0 Å². The molecule has 28 heavy (non-hydrogen) atoms. The summed E-state index contributed by atoms with van der Waals surface area (Å²) in [5.41, 5.74) is 2.11. The van der Waals surface area contributed by atoms with E-state index in [0.29, 0.717) is 16.7 Å². The molecule has 0 spiro atoms. The van der Waals surface area contributed by atoms with Crippen LogP contribution in [0.2, 0.25) is 0 Å². The van der Waals surface area contributed by atoms with Crippen molar-refractivity contribution in [2.75, 3.05) is 0 Å². The number of hydrogen-bond acceptors (Lipinski definition) is 5. The largest absolute Gasteiger partial charge is 0.291 e. The minimum Gasteiger partial charge on any atom is -0.274 e. The summed E-state index contributed by atoms with van der Waals surface area (Å²) in [5, 5.41) is 0. The molecule has 2 aromatic rings. The van der Waals surface area contributed by atoms with Crippen LogP contribution in [0.1, 0.15) is 82.3 Å². The van der Waals surface area contributed by atoms with Crippen LogP contribution in [-0.2, 0) is 21.2 Å². The molecular formula is C20H29FN2O3S2. The quantitative estimate of drug-likeness (QED) is 0.677. The van der Waals surface area contributed by atoms with Gasteiger partial charge in [-0.2, -0.15) is 8.42 Å². The van der Waals surface area contributed by atoms with Crippen molar-refractivity contribution in [3.63, 3.8) is 0 Å². The minimum absolute atomic E-state index is 0. The first-order valence-electron chi connectivity index (χ1n) is 9.26. The second kappa shape index (κ2) is 8.69. The molecular weight excluding hydrogens is 399 g/mol. The van der Waals surface area contributed by atoms with Crippen LogP contribution in [0.5, 0.6) is 0 Å². The number of amides is 1. The number of hydrogen-bond donors (Lipinski definition) is 1. The topological polar surface area (TPSA) is 76.1 Å². The molecule has 1 aromatic carbocycles. The average molecular weight is 429 g/mol. The molecule has 0 atom stereocenters. The lowest BCUT2D eigenvalue weighted by Crippen LogP contribution is -2.32. The molecule has 1 heterocycles. The van der Waals surface area contributed by atoms with Gasteiger partial charge in [-0.05, 0) is 46.6 Å². The predicted octanol–water partition coefficient (Wildman–Crippen LogP) is 4.95. The molecule has 1 aromatic heterocycles. The molecule has 1 N–H and O–H groups in total. The van der Waals surface area contributed by atoms with E-state index in [2.05, 4.69) is 9.71 Å². The highest BCUT2D eigenvalue weighted by Crippen LogP contribution is 2.30. The van der Waals surface area contributed by atoms with E-state index in [0.717, 1.165) is 16.2 Å². The Bertz CT molecular complexity index is 941. The Morgan fingerprint density at radius 3 is 2.07 bits per heavy atom. The molecule has 0 saturated carbocycles. The Kier molecular flexibility index (Phi) is 6.98. The monoisotopic (exact) mass is 428 g/mol. The Balaban J connectivity index is 0.00000420. The molecule has 2 rings (SSSR count). The number of aromatic nitrogens is 1. The number of thiazole rings is 1. The zero-order valence-corrected chi connectivity index (χ0v) is 18.7. The van der Waals surface area contributed by atoms with E-state index in [9.17, 15) is 17.6 Å². The zero-order valence-electron chi connectivity index (χ0n) is 17.0. The fourth-order valence-corrected chi connectivity index (χ4v) is 5.12. The van der Waals surface area contributed by atoms with E-state index in [1.165, 1.54) is 18.3 Å². The number of benzene rings is 1. The van der Waals surface area contributed by atoms with Crippen molar-refractivity contribution in [1.29, 1.82) is 0 Å². The zero-order chi connectivity index (χ0) is 21.2. The number of halogens is 1. The Morgan fingerprint density at radius 1 is 1.11 bits per heavy atom. The van der Waals surface area contributed by atoms with E-state index in [4.69, 9.17) is 0 Å². The van der Waals surface area contributed by atoms with Crippen LogP contribution >= 0.6 is 11.3 Å². The summed E-state index contributed by atoms with van der Waals surface area (Å²) in [5.74, 6) is -0.858. The lowest BCUT2D eigenvalue weighted by molar-refractivity contribution is -0.118. The molecule has 0 unspecified atom stereocenters. The van der Waals surface area contributed by atoms with Crippen molar-refractivity contribution >= 4 is 27.3 Å². The Hall–Kier alpha value is -1.80. The minimum atomic E-state index is -4.03. The third-order valence-corrected chi connectivity index (χ3v) is 7.48. The highest BCUT2D eigenvalue weighted by Gasteiger charge is 2.25. The van der Waals surface area contributed by atoms with Gasteiger partial charge in [-0.25, -0.2) is 14.1 Å². The maximum Gasteiger partial charge on any atom is 0.291 e. The number of nitrogens with one attached hydrogen (secondary N) is 1. The molecule has 0 fully saturated rings. The molecule has 0 saturated heterocycles. The summed E-state index contributed by atoms with van der Waals surface area (Å²) in [6.07, 6.45) is 1.38. The summed E-state index contributed by atoms with van der Waals surface area (Å²) in [4.78, 5) is 17.3. The van der Waals surface area contributed by atoms with Gasteiger partial charge in [0.05, 0.1) is 6.42 Å². The van der Waals surface area contributed by atoms with Gasteiger partial charge in [-0.3, -0.25) is 4.79 Å². The normalized spacial score (nSPS) is 12.2. The van der Waals surface area contributed by atoms with Gasteiger partial charge in [0.15, 0.2) is 0 Å². The second-order valence-electron chi connectivity index (χ2n) is 7.76. The maximum atomic E-state index is 14.0. The number of sulfonamides is 1. The summed E-state index contributed by atoms with van der Waals surface area (Å²) in [6, 6.07) is 2.84. The first-order valence-corrected chi connectivity index (χ1v) is 11.6. The van der Waals surface area contributed by atoms with Gasteiger partial charge in [0, 0.05) is 12.5 Å². The van der Waals surface area contributed by atoms with Crippen molar-refractivity contribution in [3.8, 4) is 0 Å². The molecule has 0 radical (unpaired) electrons. The third-order valence-electron chi connectivity index (χ3n) is 4.41. The standard InChI is InChI=1S/C20H27FN2O3S2.H2/c1-11(2)15-7-14(21)8-16(12(3)4)17(15)9-19(24)23-28(25,26)20-22-10-18(27-20)13(5)6;/h7-8,10-13H,9H2,1-6H3,(H,23,24);1H. The van der Waals surface area contributed by atoms with Crippen LogP contribution in [0, 0.1) is 5.82 Å². The molecule has 5 nitrogen and oxygen atoms in total. The van der Waals surface area contributed by atoms with Crippen LogP contribution in [-0.4, -0.2) is 19.3 Å². The van der Waals surface area contributed by atoms with E-state index in [1.807, 2.05) is 41.5 Å². The van der Waals surface area contributed by atoms with Crippen LogP contribution in [0.4, 0.5) is 4.39 Å². The highest BCUT2D eigenvalue weighted by atomic mass is 32.2. The molecule has 156 valence electrons. The van der Waals surface area contributed by atoms with E-state index >= 15 is 0 Å². The Morgan fingerprint density at radius 2 is 1.64 bits per heavy atom. The van der Waals surface area contributed by atoms with Gasteiger partial charge in [-0.15, -0.1) is 11.3 Å². The smallest absolute Gasteiger partial charge is 0.274 e. The first-order chi connectivity index (χ1) is 12.9. The van der Waals surface area contributed by atoms with Crippen LogP contribution in [0.15, 0.2) is 22.7 Å². The summed E-state index contributed by atoms with van der Waals surface area (Å²) < 4.78 is 41.0. The molecule has 0 bridgehead atoms. The van der Waals surface area contributed by atoms with Gasteiger partial charge in [0.1, 0.15) is 5.82 Å². The summed E-state index contributed by atoms with van der Waals surface area (Å²) in [6.45, 7) is 11.6. The number of carbonyl (C=O) groups excluding carboxylic acids is 1. The lowest BCUT2D eigenvalue weighted by atomic mass is 9.87. The summed E-state index contributed by atoms with van der Waals surface area (Å²) in [7, 11) is -4.03. The van der Waals surface area contributed by atoms with Gasteiger partial charge in [0.25, 0.3) is 10.0 Å². The molecule has 0 aliphatic carbocycles. The van der Waals surface area contributed by atoms with Crippen molar-refractivity contribution in [3.05, 3.63) is 45.7 Å². The molecule has 0 aliphatic heterocycles. The van der Waals surface area contributed by atoms with E-state index in [1.54, 1.807) is 0 Å². The average Bonchev–Trinajstić information content (AvgIpc) is 3.06. The fraction of sp³-hybridized carbons (Fsp3) is 0.500. The predicted molar refractivity (Wildman–Crippen MR) is 112 cm³/mol. The second-order valence-corrected chi connectivity index (χ2v) is 10.7. The van der Waals surface area contributed by atoms with E-state index < -0.39 is 15.9 Å². The molecule has 8 heteroatoms. The molecule has 1 amide bonds. The van der Waals surface area contributed by atoms with Crippen molar-refractivity contribution < 1.29 is 19.0 Å². The fourth-order valence-electron chi connectivity index (χ4n) is 2.97. The van der Waals surface area contributed by atoms with Gasteiger partial charge >= 0.3 is 0 Å². The van der Waals surface area contributed by atoms with Crippen LogP contribution < -0.4 is 4.72 Å². The number of carbonyl (C=O) groups is 1. The number of nitrogens with zero attached hydrogens (tertiary/aromatic N) is 1. The lowest BCUT2D eigenvalue weighted by Gasteiger charge is -2.19. The maximum absolute atomic E-state index is 14.0. The third kappa shape index (κ3) is 5.17. The Labute approximate surface area is 171 Å². The van der Waals surface area contributed by atoms with Crippen molar-refractivity contribution in [1.82, 2.24) is 9.71 Å². The van der Waals surface area contributed by atoms with Crippen LogP contribution in [0.25, 0.3) is 0 Å². The number of rotatable bonds is 7. The molecule has 0 aliphatic rings. The van der Waals surface area contributed by atoms with Crippen molar-refractivity contribution in [2.24, 2.45) is 0 Å². The van der Waals surface area contributed by atoms with E-state index in [-0.39, 0.29) is 35.8 Å². The van der Waals surface area contributed by atoms with Crippen molar-refractivity contribution in [2.45, 2.75) is 70.1 Å². The first kappa shape index (κ1) is 22.5. The summed E-state index contributed by atoms with van der Waals surface area (Å²) >= 11 is 1.05. The van der Waals surface area contributed by atoms with Gasteiger partial charge < -0.3 is 0 Å². The SMILES string of the molecule is CC(C)c1cnc(S(=O)(=O)NC(=O)Cc2c(C(C)C)cc(F)cc2C(C)C)s1.[HH]. The van der Waals surface area contributed by atoms with Gasteiger partial charge in [-0.1, -0.05) is 41.5 Å². The highest BCUT2D eigenvalue weighted by molar-refractivity contribution is 7.92.